The van der Waals surface area contributed by atoms with Gasteiger partial charge in [0.05, 0.1) is 5.57 Å². The average molecular weight is 419 g/mol. The van der Waals surface area contributed by atoms with Crippen molar-refractivity contribution in [1.82, 2.24) is 0 Å². The van der Waals surface area contributed by atoms with Crippen LogP contribution in [0.2, 0.25) is 0 Å². The summed E-state index contributed by atoms with van der Waals surface area (Å²) in [5, 5.41) is 0. The first-order valence-electron chi connectivity index (χ1n) is 7.54. The van der Waals surface area contributed by atoms with Gasteiger partial charge in [0.1, 0.15) is 11.5 Å². The fraction of sp³-hybridized carbons (Fsp3) is 0.438. The zero-order valence-electron chi connectivity index (χ0n) is 13.9. The van der Waals surface area contributed by atoms with Gasteiger partial charge < -0.3 is 14.2 Å². The van der Waals surface area contributed by atoms with E-state index in [-0.39, 0.29) is 23.3 Å². The van der Waals surface area contributed by atoms with Crippen molar-refractivity contribution < 1.29 is 45.3 Å². The minimum Gasteiger partial charge on any atom is -0.475 e. The molecule has 2 rings (SSSR count). The molecule has 0 aliphatic carbocycles. The maximum absolute atomic E-state index is 13.3. The fourth-order valence-electron chi connectivity index (χ4n) is 2.44. The SMILES string of the molecule is CCc1cc(OC(F)(F)F)cc2c1OC(C(F)(F)F)C(C(=O)OC(C)Cl)=C2. The highest BCUT2D eigenvalue weighted by Crippen LogP contribution is 2.42. The van der Waals surface area contributed by atoms with E-state index < -0.39 is 41.5 Å². The van der Waals surface area contributed by atoms with Gasteiger partial charge in [0, 0.05) is 5.56 Å². The molecule has 2 atom stereocenters. The molecule has 27 heavy (non-hydrogen) atoms. The summed E-state index contributed by atoms with van der Waals surface area (Å²) in [6.07, 6.45) is -11.8. The van der Waals surface area contributed by atoms with Gasteiger partial charge in [0.2, 0.25) is 6.10 Å². The summed E-state index contributed by atoms with van der Waals surface area (Å²) in [7, 11) is 0. The second-order valence-electron chi connectivity index (χ2n) is 5.49. The monoisotopic (exact) mass is 418 g/mol. The average Bonchev–Trinajstić information content (AvgIpc) is 2.49. The second-order valence-corrected chi connectivity index (χ2v) is 6.10. The van der Waals surface area contributed by atoms with Crippen LogP contribution in [0, 0.1) is 0 Å². The molecule has 0 fully saturated rings. The zero-order valence-corrected chi connectivity index (χ0v) is 14.6. The Hall–Kier alpha value is -2.10. The Bertz CT molecular complexity index is 755. The second kappa shape index (κ2) is 7.49. The molecule has 0 amide bonds. The number of rotatable bonds is 4. The maximum Gasteiger partial charge on any atom is 0.573 e. The number of halogens is 7. The summed E-state index contributed by atoms with van der Waals surface area (Å²) in [6.45, 7) is 2.73. The summed E-state index contributed by atoms with van der Waals surface area (Å²) in [6, 6.07) is 1.75. The molecule has 2 unspecified atom stereocenters. The third kappa shape index (κ3) is 5.21. The van der Waals surface area contributed by atoms with Gasteiger partial charge in [-0.2, -0.15) is 13.2 Å². The number of hydrogen-bond acceptors (Lipinski definition) is 4. The van der Waals surface area contributed by atoms with Crippen LogP contribution in [-0.2, 0) is 16.0 Å². The number of esters is 1. The summed E-state index contributed by atoms with van der Waals surface area (Å²) in [5.74, 6) is -2.34. The van der Waals surface area contributed by atoms with Gasteiger partial charge in [-0.25, -0.2) is 4.79 Å². The van der Waals surface area contributed by atoms with Crippen molar-refractivity contribution in [3.63, 3.8) is 0 Å². The molecule has 1 aliphatic heterocycles. The number of benzene rings is 1. The number of hydrogen-bond donors (Lipinski definition) is 0. The number of alkyl halides is 7. The molecule has 0 saturated heterocycles. The van der Waals surface area contributed by atoms with Crippen molar-refractivity contribution in [2.24, 2.45) is 0 Å². The Kier molecular flexibility index (Phi) is 5.88. The minimum atomic E-state index is -5.00. The summed E-state index contributed by atoms with van der Waals surface area (Å²) < 4.78 is 90.8. The van der Waals surface area contributed by atoms with Crippen LogP contribution in [0.4, 0.5) is 26.3 Å². The number of carbonyl (C=O) groups is 1. The van der Waals surface area contributed by atoms with E-state index in [1.54, 1.807) is 0 Å². The van der Waals surface area contributed by atoms with Crippen LogP contribution in [0.3, 0.4) is 0 Å². The van der Waals surface area contributed by atoms with Crippen LogP contribution in [0.5, 0.6) is 11.5 Å². The largest absolute Gasteiger partial charge is 0.573 e. The van der Waals surface area contributed by atoms with Crippen molar-refractivity contribution in [2.45, 2.75) is 44.5 Å². The first-order valence-corrected chi connectivity index (χ1v) is 7.98. The van der Waals surface area contributed by atoms with Crippen LogP contribution in [-0.4, -0.2) is 30.2 Å². The molecule has 0 radical (unpaired) electrons. The van der Waals surface area contributed by atoms with Gasteiger partial charge in [-0.15, -0.1) is 13.2 Å². The normalized spacial score (nSPS) is 18.1. The maximum atomic E-state index is 13.3. The van der Waals surface area contributed by atoms with E-state index in [9.17, 15) is 31.1 Å². The molecule has 0 bridgehead atoms. The zero-order chi connectivity index (χ0) is 20.6. The molecule has 1 aromatic carbocycles. The highest BCUT2D eigenvalue weighted by atomic mass is 35.5. The van der Waals surface area contributed by atoms with Crippen molar-refractivity contribution in [1.29, 1.82) is 0 Å². The third-order valence-corrected chi connectivity index (χ3v) is 3.50. The smallest absolute Gasteiger partial charge is 0.475 e. The number of fused-ring (bicyclic) bond motifs is 1. The lowest BCUT2D eigenvalue weighted by Gasteiger charge is -2.29. The molecule has 0 saturated carbocycles. The topological polar surface area (TPSA) is 44.8 Å². The lowest BCUT2D eigenvalue weighted by atomic mass is 9.97. The van der Waals surface area contributed by atoms with E-state index in [0.717, 1.165) is 18.2 Å². The lowest BCUT2D eigenvalue weighted by molar-refractivity contribution is -0.274. The van der Waals surface area contributed by atoms with Gasteiger partial charge in [-0.1, -0.05) is 18.5 Å². The third-order valence-electron chi connectivity index (χ3n) is 3.41. The first-order chi connectivity index (χ1) is 12.3. The van der Waals surface area contributed by atoms with Crippen LogP contribution in [0.15, 0.2) is 17.7 Å². The van der Waals surface area contributed by atoms with Crippen molar-refractivity contribution in [3.05, 3.63) is 28.8 Å². The van der Waals surface area contributed by atoms with E-state index in [2.05, 4.69) is 9.47 Å². The Morgan fingerprint density at radius 3 is 2.37 bits per heavy atom. The fourth-order valence-corrected chi connectivity index (χ4v) is 2.52. The van der Waals surface area contributed by atoms with Gasteiger partial charge in [0.15, 0.2) is 5.56 Å². The molecule has 1 aliphatic rings. The van der Waals surface area contributed by atoms with E-state index in [4.69, 9.17) is 16.3 Å². The van der Waals surface area contributed by atoms with Crippen LogP contribution in [0.25, 0.3) is 6.08 Å². The molecule has 1 aromatic rings. The van der Waals surface area contributed by atoms with Gasteiger partial charge in [0.25, 0.3) is 0 Å². The molecule has 4 nitrogen and oxygen atoms in total. The van der Waals surface area contributed by atoms with Gasteiger partial charge in [-0.05, 0) is 37.1 Å². The molecule has 0 aromatic heterocycles. The summed E-state index contributed by atoms with van der Waals surface area (Å²) in [4.78, 5) is 12.0. The molecule has 1 heterocycles. The molecule has 11 heteroatoms. The van der Waals surface area contributed by atoms with E-state index in [0.29, 0.717) is 0 Å². The van der Waals surface area contributed by atoms with E-state index in [1.165, 1.54) is 13.8 Å². The molecule has 0 spiro atoms. The number of ether oxygens (including phenoxy) is 3. The first kappa shape index (κ1) is 21.2. The Labute approximate surface area is 154 Å². The van der Waals surface area contributed by atoms with Gasteiger partial charge >= 0.3 is 18.5 Å². The molecular formula is C16H13ClF6O4. The predicted molar refractivity (Wildman–Crippen MR) is 82.4 cm³/mol. The van der Waals surface area contributed by atoms with Crippen LogP contribution >= 0.6 is 11.6 Å². The summed E-state index contributed by atoms with van der Waals surface area (Å²) in [5.41, 5.74) is -2.29. The van der Waals surface area contributed by atoms with Crippen molar-refractivity contribution >= 4 is 23.6 Å². The lowest BCUT2D eigenvalue weighted by Crippen LogP contribution is -2.41. The van der Waals surface area contributed by atoms with Crippen molar-refractivity contribution in [2.75, 3.05) is 0 Å². The van der Waals surface area contributed by atoms with Crippen molar-refractivity contribution in [3.8, 4) is 11.5 Å². The van der Waals surface area contributed by atoms with Gasteiger partial charge in [-0.3, -0.25) is 0 Å². The molecule has 0 N–H and O–H groups in total. The highest BCUT2D eigenvalue weighted by Gasteiger charge is 2.49. The Morgan fingerprint density at radius 1 is 1.26 bits per heavy atom. The highest BCUT2D eigenvalue weighted by molar-refractivity contribution is 6.20. The van der Waals surface area contributed by atoms with Crippen LogP contribution < -0.4 is 9.47 Å². The predicted octanol–water partition coefficient (Wildman–Crippen LogP) is 4.98. The van der Waals surface area contributed by atoms with E-state index in [1.807, 2.05) is 0 Å². The van der Waals surface area contributed by atoms with E-state index >= 15 is 0 Å². The quantitative estimate of drug-likeness (QED) is 0.393. The summed E-state index contributed by atoms with van der Waals surface area (Å²) >= 11 is 5.46. The molecule has 150 valence electrons. The Balaban J connectivity index is 2.58. The number of aryl methyl sites for hydroxylation is 1. The van der Waals surface area contributed by atoms with Crippen LogP contribution in [0.1, 0.15) is 25.0 Å². The minimum absolute atomic E-state index is 0.0513. The molecular weight excluding hydrogens is 406 g/mol. The Morgan fingerprint density at radius 2 is 1.89 bits per heavy atom. The number of carbonyl (C=O) groups excluding carboxylic acids is 1. The standard InChI is InChI=1S/C16H13ClF6O4/c1-3-8-4-10(27-16(21,22)23)5-9-6-11(14(24)25-7(2)17)13(15(18,19)20)26-12(8)9/h4-7,13H,3H2,1-2H3.